The van der Waals surface area contributed by atoms with Crippen LogP contribution in [-0.4, -0.2) is 32.9 Å². The first kappa shape index (κ1) is 18.0. The molecule has 1 aliphatic heterocycles. The van der Waals surface area contributed by atoms with Crippen molar-refractivity contribution in [2.24, 2.45) is 0 Å². The molecule has 1 aromatic carbocycles. The Morgan fingerprint density at radius 3 is 2.50 bits per heavy atom. The fourth-order valence-corrected chi connectivity index (χ4v) is 2.94. The first-order chi connectivity index (χ1) is 12.4. The lowest BCUT2D eigenvalue weighted by Crippen LogP contribution is -2.41. The molecule has 1 aromatic heterocycles. The summed E-state index contributed by atoms with van der Waals surface area (Å²) in [5.74, 6) is 0.244. The van der Waals surface area contributed by atoms with E-state index in [2.05, 4.69) is 0 Å². The van der Waals surface area contributed by atoms with Gasteiger partial charge >= 0.3 is 0 Å². The zero-order valence-corrected chi connectivity index (χ0v) is 15.1. The summed E-state index contributed by atoms with van der Waals surface area (Å²) >= 11 is 0. The van der Waals surface area contributed by atoms with Gasteiger partial charge in [-0.1, -0.05) is 0 Å². The second-order valence-corrected chi connectivity index (χ2v) is 6.16. The van der Waals surface area contributed by atoms with Crippen LogP contribution in [0.3, 0.4) is 0 Å². The second kappa shape index (κ2) is 6.84. The zero-order valence-electron chi connectivity index (χ0n) is 15.1. The van der Waals surface area contributed by atoms with E-state index in [1.54, 1.807) is 19.1 Å². The Morgan fingerprint density at radius 2 is 1.85 bits per heavy atom. The van der Waals surface area contributed by atoms with Crippen LogP contribution in [0.15, 0.2) is 33.5 Å². The Kier molecular flexibility index (Phi) is 4.73. The van der Waals surface area contributed by atoms with E-state index in [1.807, 2.05) is 0 Å². The van der Waals surface area contributed by atoms with Crippen LogP contribution >= 0.6 is 0 Å². The minimum Gasteiger partial charge on any atom is -0.497 e. The van der Waals surface area contributed by atoms with Crippen molar-refractivity contribution in [3.63, 3.8) is 0 Å². The Morgan fingerprint density at radius 1 is 1.08 bits per heavy atom. The van der Waals surface area contributed by atoms with Crippen LogP contribution in [0.5, 0.6) is 17.4 Å². The number of hydrogen-bond donors (Lipinski definition) is 0. The third-order valence-corrected chi connectivity index (χ3v) is 4.27. The van der Waals surface area contributed by atoms with Gasteiger partial charge in [-0.05, 0) is 11.6 Å². The molecule has 2 heterocycles. The van der Waals surface area contributed by atoms with Gasteiger partial charge in [-0.3, -0.25) is 9.59 Å². The molecule has 0 fully saturated rings. The summed E-state index contributed by atoms with van der Waals surface area (Å²) in [4.78, 5) is 24.5. The minimum atomic E-state index is -1.03. The smallest absolute Gasteiger partial charge is 0.288 e. The van der Waals surface area contributed by atoms with Crippen molar-refractivity contribution in [2.45, 2.75) is 25.6 Å². The summed E-state index contributed by atoms with van der Waals surface area (Å²) in [7, 11) is 4.43. The predicted molar refractivity (Wildman–Crippen MR) is 92.3 cm³/mol. The van der Waals surface area contributed by atoms with Crippen LogP contribution in [0.25, 0.3) is 0 Å². The molecule has 0 aliphatic carbocycles. The highest BCUT2D eigenvalue weighted by molar-refractivity contribution is 6.02. The average Bonchev–Trinajstić information content (AvgIpc) is 2.60. The number of rotatable bonds is 5. The van der Waals surface area contributed by atoms with E-state index in [1.165, 1.54) is 33.5 Å². The molecule has 7 nitrogen and oxygen atoms in total. The zero-order chi connectivity index (χ0) is 18.9. The normalized spacial score (nSPS) is 18.8. The van der Waals surface area contributed by atoms with Crippen LogP contribution < -0.4 is 19.6 Å². The molecule has 0 bridgehead atoms. The van der Waals surface area contributed by atoms with Gasteiger partial charge in [0.05, 0.1) is 32.3 Å². The molecule has 1 atom stereocenters. The van der Waals surface area contributed by atoms with Crippen molar-refractivity contribution >= 4 is 5.78 Å². The van der Waals surface area contributed by atoms with Gasteiger partial charge in [0.25, 0.3) is 5.95 Å². The Bertz CT molecular complexity index is 899. The van der Waals surface area contributed by atoms with Gasteiger partial charge in [-0.2, -0.15) is 0 Å². The van der Waals surface area contributed by atoms with Gasteiger partial charge in [0, 0.05) is 32.6 Å². The van der Waals surface area contributed by atoms with E-state index in [4.69, 9.17) is 23.4 Å². The second-order valence-electron chi connectivity index (χ2n) is 6.16. The molecule has 0 N–H and O–H groups in total. The molecule has 7 heteroatoms. The monoisotopic (exact) mass is 360 g/mol. The van der Waals surface area contributed by atoms with E-state index in [0.717, 1.165) is 0 Å². The Balaban J connectivity index is 2.08. The number of carbonyl (C=O) groups excluding carboxylic acids is 1. The quantitative estimate of drug-likeness (QED) is 0.810. The minimum absolute atomic E-state index is 0.0812. The third-order valence-electron chi connectivity index (χ3n) is 4.27. The van der Waals surface area contributed by atoms with Crippen LogP contribution in [-0.2, 0) is 11.2 Å². The van der Waals surface area contributed by atoms with Crippen molar-refractivity contribution in [1.82, 2.24) is 0 Å². The maximum Gasteiger partial charge on any atom is 0.288 e. The maximum atomic E-state index is 12.7. The average molecular weight is 360 g/mol. The number of ether oxygens (including phenoxy) is 4. The van der Waals surface area contributed by atoms with E-state index in [0.29, 0.717) is 28.4 Å². The predicted octanol–water partition coefficient (Wildman–Crippen LogP) is 2.58. The first-order valence-corrected chi connectivity index (χ1v) is 8.04. The molecular weight excluding hydrogens is 340 g/mol. The van der Waals surface area contributed by atoms with Crippen LogP contribution in [0.4, 0.5) is 0 Å². The Hall–Kier alpha value is -2.80. The van der Waals surface area contributed by atoms with Gasteiger partial charge in [0.1, 0.15) is 17.3 Å². The topological polar surface area (TPSA) is 84.2 Å². The summed E-state index contributed by atoms with van der Waals surface area (Å²) in [6, 6.07) is 5.99. The fourth-order valence-electron chi connectivity index (χ4n) is 2.94. The summed E-state index contributed by atoms with van der Waals surface area (Å²) < 4.78 is 27.1. The van der Waals surface area contributed by atoms with E-state index >= 15 is 0 Å². The summed E-state index contributed by atoms with van der Waals surface area (Å²) in [6.07, 6.45) is 0.294. The number of methoxy groups -OCH3 is 3. The molecule has 1 aliphatic rings. The molecule has 138 valence electrons. The molecule has 0 amide bonds. The highest BCUT2D eigenvalue weighted by atomic mass is 16.7. The lowest BCUT2D eigenvalue weighted by atomic mass is 9.92. The molecular formula is C19H20O7. The highest BCUT2D eigenvalue weighted by Crippen LogP contribution is 2.39. The van der Waals surface area contributed by atoms with E-state index in [-0.39, 0.29) is 30.0 Å². The standard InChI is InChI=1S/C19H20O7/c1-19(24-4)10-15(21)18-11(5-13(22-2)9-16(18)26-19)6-14-7-12(20)8-17(23-3)25-14/h5,7-9H,6,10H2,1-4H3. The molecule has 2 aromatic rings. The molecule has 3 rings (SSSR count). The number of hydrogen-bond acceptors (Lipinski definition) is 7. The van der Waals surface area contributed by atoms with Crippen molar-refractivity contribution in [1.29, 1.82) is 0 Å². The van der Waals surface area contributed by atoms with Gasteiger partial charge in [-0.15, -0.1) is 0 Å². The lowest BCUT2D eigenvalue weighted by molar-refractivity contribution is -0.150. The summed E-state index contributed by atoms with van der Waals surface area (Å²) in [5.41, 5.74) is 0.832. The number of carbonyl (C=O) groups is 1. The molecule has 0 saturated heterocycles. The number of Topliss-reactive ketones (excluding diaryl/α,β-unsaturated/α-hetero) is 1. The summed E-state index contributed by atoms with van der Waals surface area (Å²) in [6.45, 7) is 1.70. The number of benzene rings is 1. The molecule has 0 radical (unpaired) electrons. The highest BCUT2D eigenvalue weighted by Gasteiger charge is 2.38. The summed E-state index contributed by atoms with van der Waals surface area (Å²) in [5, 5.41) is 0. The number of fused-ring (bicyclic) bond motifs is 1. The van der Waals surface area contributed by atoms with Gasteiger partial charge in [0.2, 0.25) is 5.79 Å². The third kappa shape index (κ3) is 3.43. The number of ketones is 1. The molecule has 26 heavy (non-hydrogen) atoms. The van der Waals surface area contributed by atoms with Crippen molar-refractivity contribution in [2.75, 3.05) is 21.3 Å². The SMILES string of the molecule is COc1cc(Cc2cc(=O)cc(OC)o2)c2c(c1)OC(C)(OC)CC2=O. The molecule has 1 unspecified atom stereocenters. The lowest BCUT2D eigenvalue weighted by Gasteiger charge is -2.34. The molecule has 0 saturated carbocycles. The van der Waals surface area contributed by atoms with Crippen LogP contribution in [0.1, 0.15) is 35.0 Å². The van der Waals surface area contributed by atoms with E-state index < -0.39 is 5.79 Å². The molecule has 0 spiro atoms. The Labute approximate surface area is 150 Å². The van der Waals surface area contributed by atoms with Crippen LogP contribution in [0, 0.1) is 0 Å². The van der Waals surface area contributed by atoms with Gasteiger partial charge in [-0.25, -0.2) is 0 Å². The van der Waals surface area contributed by atoms with Crippen molar-refractivity contribution < 1.29 is 28.2 Å². The van der Waals surface area contributed by atoms with Gasteiger partial charge in [0.15, 0.2) is 11.2 Å². The fraction of sp³-hybridized carbons (Fsp3) is 0.368. The van der Waals surface area contributed by atoms with Crippen LogP contribution in [0.2, 0.25) is 0 Å². The van der Waals surface area contributed by atoms with Gasteiger partial charge < -0.3 is 23.4 Å². The van der Waals surface area contributed by atoms with Crippen molar-refractivity contribution in [3.05, 3.63) is 51.4 Å². The van der Waals surface area contributed by atoms with E-state index in [9.17, 15) is 9.59 Å². The maximum absolute atomic E-state index is 12.7. The first-order valence-electron chi connectivity index (χ1n) is 8.04. The largest absolute Gasteiger partial charge is 0.497 e. The van der Waals surface area contributed by atoms with Crippen molar-refractivity contribution in [3.8, 4) is 17.4 Å².